The van der Waals surface area contributed by atoms with E-state index in [2.05, 4.69) is 21.2 Å². The van der Waals surface area contributed by atoms with Crippen LogP contribution in [0.3, 0.4) is 0 Å². The van der Waals surface area contributed by atoms with Gasteiger partial charge in [-0.2, -0.15) is 0 Å². The molecule has 0 aromatic heterocycles. The molecule has 1 unspecified atom stereocenters. The van der Waals surface area contributed by atoms with Crippen LogP contribution in [0.1, 0.15) is 12.0 Å². The molecule has 4 nitrogen and oxygen atoms in total. The number of carbonyl (C=O) groups is 1. The molecule has 0 aliphatic carbocycles. The van der Waals surface area contributed by atoms with Gasteiger partial charge < -0.3 is 15.0 Å². The van der Waals surface area contributed by atoms with Crippen molar-refractivity contribution in [3.63, 3.8) is 0 Å². The zero-order valence-electron chi connectivity index (χ0n) is 11.3. The number of aryl methyl sites for hydroxylation is 1. The minimum absolute atomic E-state index is 0.101. The number of nitrogens with one attached hydrogen (secondary N) is 1. The van der Waals surface area contributed by atoms with Gasteiger partial charge in [0.05, 0.1) is 13.2 Å². The van der Waals surface area contributed by atoms with Crippen molar-refractivity contribution in [1.29, 1.82) is 0 Å². The van der Waals surface area contributed by atoms with Crippen LogP contribution < -0.4 is 10.2 Å². The quantitative estimate of drug-likeness (QED) is 0.924. The Balaban J connectivity index is 2.03. The predicted octanol–water partition coefficient (Wildman–Crippen LogP) is 2.10. The van der Waals surface area contributed by atoms with Gasteiger partial charge in [0.15, 0.2) is 0 Å². The Hall–Kier alpha value is -0.910. The summed E-state index contributed by atoms with van der Waals surface area (Å²) < 4.78 is 6.35. The Morgan fingerprint density at radius 3 is 3.05 bits per heavy atom. The second kappa shape index (κ2) is 6.50. The zero-order chi connectivity index (χ0) is 13.8. The molecule has 1 saturated heterocycles. The second-order valence-electron chi connectivity index (χ2n) is 4.81. The van der Waals surface area contributed by atoms with Gasteiger partial charge in [0.25, 0.3) is 0 Å². The molecule has 1 N–H and O–H groups in total. The molecule has 1 aliphatic rings. The van der Waals surface area contributed by atoms with Crippen molar-refractivity contribution in [3.8, 4) is 0 Å². The zero-order valence-corrected chi connectivity index (χ0v) is 12.9. The number of amides is 1. The van der Waals surface area contributed by atoms with E-state index in [-0.39, 0.29) is 11.9 Å². The number of anilines is 1. The smallest absolute Gasteiger partial charge is 0.228 e. The number of carbonyl (C=O) groups excluding carboxylic acids is 1. The molecular weight excluding hydrogens is 308 g/mol. The molecule has 1 aromatic rings. The normalized spacial score (nSPS) is 19.2. The molecule has 0 saturated carbocycles. The number of ether oxygens (including phenoxy) is 1. The van der Waals surface area contributed by atoms with Crippen molar-refractivity contribution in [3.05, 3.63) is 28.2 Å². The topological polar surface area (TPSA) is 41.6 Å². The predicted molar refractivity (Wildman–Crippen MR) is 79.5 cm³/mol. The van der Waals surface area contributed by atoms with E-state index in [1.165, 1.54) is 0 Å². The van der Waals surface area contributed by atoms with Gasteiger partial charge in [-0.1, -0.05) is 22.0 Å². The number of nitrogens with zero attached hydrogens (tertiary/aromatic N) is 1. The molecule has 104 valence electrons. The molecule has 1 amide bonds. The maximum Gasteiger partial charge on any atom is 0.228 e. The molecule has 1 aromatic carbocycles. The maximum absolute atomic E-state index is 12.3. The lowest BCUT2D eigenvalue weighted by Gasteiger charge is -2.26. The summed E-state index contributed by atoms with van der Waals surface area (Å²) in [4.78, 5) is 14.0. The maximum atomic E-state index is 12.3. The molecule has 1 atom stereocenters. The molecule has 0 spiro atoms. The summed E-state index contributed by atoms with van der Waals surface area (Å²) >= 11 is 3.44. The Morgan fingerprint density at radius 1 is 1.58 bits per heavy atom. The van der Waals surface area contributed by atoms with Crippen molar-refractivity contribution in [2.24, 2.45) is 0 Å². The van der Waals surface area contributed by atoms with Gasteiger partial charge in [0, 0.05) is 36.2 Å². The van der Waals surface area contributed by atoms with E-state index in [0.717, 1.165) is 28.9 Å². The van der Waals surface area contributed by atoms with Crippen LogP contribution in [0, 0.1) is 6.92 Å². The van der Waals surface area contributed by atoms with E-state index in [4.69, 9.17) is 4.74 Å². The fraction of sp³-hybridized carbons (Fsp3) is 0.500. The fourth-order valence-corrected chi connectivity index (χ4v) is 2.53. The highest BCUT2D eigenvalue weighted by Gasteiger charge is 2.20. The minimum atomic E-state index is 0.101. The van der Waals surface area contributed by atoms with Crippen LogP contribution in [0.5, 0.6) is 0 Å². The van der Waals surface area contributed by atoms with Gasteiger partial charge in [-0.3, -0.25) is 4.79 Å². The first kappa shape index (κ1) is 14.5. The van der Waals surface area contributed by atoms with Gasteiger partial charge in [0.1, 0.15) is 0 Å². The van der Waals surface area contributed by atoms with E-state index in [9.17, 15) is 4.79 Å². The molecule has 1 fully saturated rings. The standard InChI is InChI=1S/C14H19BrN2O2/c1-10-3-4-11(15)7-13(10)17(2)14(18)8-12-9-19-6-5-16-12/h3-4,7,12,16H,5-6,8-9H2,1-2H3. The summed E-state index contributed by atoms with van der Waals surface area (Å²) in [5.41, 5.74) is 2.03. The lowest BCUT2D eigenvalue weighted by molar-refractivity contribution is -0.119. The van der Waals surface area contributed by atoms with Gasteiger partial charge in [-0.15, -0.1) is 0 Å². The fourth-order valence-electron chi connectivity index (χ4n) is 2.18. The number of halogens is 1. The summed E-state index contributed by atoms with van der Waals surface area (Å²) in [6.45, 7) is 4.16. The third-order valence-electron chi connectivity index (χ3n) is 3.33. The van der Waals surface area contributed by atoms with E-state index >= 15 is 0 Å². The lowest BCUT2D eigenvalue weighted by Crippen LogP contribution is -2.44. The van der Waals surface area contributed by atoms with Gasteiger partial charge >= 0.3 is 0 Å². The van der Waals surface area contributed by atoms with Crippen LogP contribution in [-0.2, 0) is 9.53 Å². The molecular formula is C14H19BrN2O2. The molecule has 2 rings (SSSR count). The van der Waals surface area contributed by atoms with Gasteiger partial charge in [-0.05, 0) is 24.6 Å². The van der Waals surface area contributed by atoms with Crippen molar-refractivity contribution in [1.82, 2.24) is 5.32 Å². The largest absolute Gasteiger partial charge is 0.378 e. The molecule has 0 radical (unpaired) electrons. The summed E-state index contributed by atoms with van der Waals surface area (Å²) in [7, 11) is 1.82. The third kappa shape index (κ3) is 3.78. The number of hydrogen-bond acceptors (Lipinski definition) is 3. The van der Waals surface area contributed by atoms with E-state index in [1.54, 1.807) is 4.90 Å². The minimum Gasteiger partial charge on any atom is -0.378 e. The van der Waals surface area contributed by atoms with Crippen LogP contribution in [0.25, 0.3) is 0 Å². The number of hydrogen-bond donors (Lipinski definition) is 1. The first-order valence-electron chi connectivity index (χ1n) is 6.42. The second-order valence-corrected chi connectivity index (χ2v) is 5.73. The Labute approximate surface area is 122 Å². The van der Waals surface area contributed by atoms with Crippen LogP contribution in [-0.4, -0.2) is 38.8 Å². The number of benzene rings is 1. The van der Waals surface area contributed by atoms with Crippen LogP contribution in [0.4, 0.5) is 5.69 Å². The Bertz CT molecular complexity index is 459. The summed E-state index contributed by atoms with van der Waals surface area (Å²) in [5.74, 6) is 0.101. The van der Waals surface area contributed by atoms with Crippen molar-refractivity contribution in [2.75, 3.05) is 31.7 Å². The SMILES string of the molecule is Cc1ccc(Br)cc1N(C)C(=O)CC1COCCN1. The van der Waals surface area contributed by atoms with E-state index in [0.29, 0.717) is 13.0 Å². The Kier molecular flexibility index (Phi) is 4.96. The van der Waals surface area contributed by atoms with Crippen LogP contribution in [0.15, 0.2) is 22.7 Å². The average molecular weight is 327 g/mol. The molecule has 1 heterocycles. The van der Waals surface area contributed by atoms with Crippen LogP contribution >= 0.6 is 15.9 Å². The monoisotopic (exact) mass is 326 g/mol. The molecule has 1 aliphatic heterocycles. The van der Waals surface area contributed by atoms with Gasteiger partial charge in [0.2, 0.25) is 5.91 Å². The summed E-state index contributed by atoms with van der Waals surface area (Å²) in [5, 5.41) is 3.30. The first-order chi connectivity index (χ1) is 9.08. The van der Waals surface area contributed by atoms with E-state index < -0.39 is 0 Å². The van der Waals surface area contributed by atoms with E-state index in [1.807, 2.05) is 32.2 Å². The summed E-state index contributed by atoms with van der Waals surface area (Å²) in [6.07, 6.45) is 0.461. The highest BCUT2D eigenvalue weighted by molar-refractivity contribution is 9.10. The van der Waals surface area contributed by atoms with Crippen molar-refractivity contribution in [2.45, 2.75) is 19.4 Å². The molecule has 19 heavy (non-hydrogen) atoms. The lowest BCUT2D eigenvalue weighted by atomic mass is 10.1. The molecule has 5 heteroatoms. The average Bonchev–Trinajstić information content (AvgIpc) is 2.42. The number of rotatable bonds is 3. The first-order valence-corrected chi connectivity index (χ1v) is 7.21. The highest BCUT2D eigenvalue weighted by atomic mass is 79.9. The van der Waals surface area contributed by atoms with Crippen molar-refractivity contribution >= 4 is 27.5 Å². The molecule has 0 bridgehead atoms. The third-order valence-corrected chi connectivity index (χ3v) is 3.82. The Morgan fingerprint density at radius 2 is 2.37 bits per heavy atom. The summed E-state index contributed by atoms with van der Waals surface area (Å²) in [6, 6.07) is 6.08. The van der Waals surface area contributed by atoms with Crippen molar-refractivity contribution < 1.29 is 9.53 Å². The number of morpholine rings is 1. The van der Waals surface area contributed by atoms with Gasteiger partial charge in [-0.25, -0.2) is 0 Å². The highest BCUT2D eigenvalue weighted by Crippen LogP contribution is 2.24. The van der Waals surface area contributed by atoms with Crippen LogP contribution in [0.2, 0.25) is 0 Å².